The van der Waals surface area contributed by atoms with Gasteiger partial charge in [0.15, 0.2) is 0 Å². The van der Waals surface area contributed by atoms with E-state index in [1.807, 2.05) is 34.6 Å². The van der Waals surface area contributed by atoms with Gasteiger partial charge < -0.3 is 14.8 Å². The SMILES string of the molecule is C[C@H](c1ccc(Cl)cc1Cl)n1c(C#N)nc2ccc(C3=CCN(C(=O)C4CCCCN4)CC3)cc21. The smallest absolute Gasteiger partial charge is 0.239 e. The molecule has 1 fully saturated rings. The van der Waals surface area contributed by atoms with Crippen LogP contribution in [-0.4, -0.2) is 46.0 Å². The van der Waals surface area contributed by atoms with Gasteiger partial charge in [-0.15, -0.1) is 0 Å². The number of hydrogen-bond donors (Lipinski definition) is 1. The molecule has 5 rings (SSSR count). The molecule has 2 aliphatic rings. The summed E-state index contributed by atoms with van der Waals surface area (Å²) in [5.41, 5.74) is 4.80. The Kier molecular flexibility index (Phi) is 6.84. The first-order valence-electron chi connectivity index (χ1n) is 12.0. The number of rotatable bonds is 4. The number of nitriles is 1. The van der Waals surface area contributed by atoms with E-state index in [-0.39, 0.29) is 18.0 Å². The molecule has 0 spiro atoms. The molecule has 1 unspecified atom stereocenters. The number of benzene rings is 2. The van der Waals surface area contributed by atoms with Gasteiger partial charge in [0.25, 0.3) is 0 Å². The summed E-state index contributed by atoms with van der Waals surface area (Å²) in [4.78, 5) is 19.4. The first-order chi connectivity index (χ1) is 17.0. The van der Waals surface area contributed by atoms with Gasteiger partial charge in [0.05, 0.1) is 23.1 Å². The number of fused-ring (bicyclic) bond motifs is 1. The van der Waals surface area contributed by atoms with E-state index in [2.05, 4.69) is 28.5 Å². The third kappa shape index (κ3) is 4.69. The van der Waals surface area contributed by atoms with E-state index in [9.17, 15) is 10.1 Å². The molecule has 2 atom stereocenters. The zero-order valence-corrected chi connectivity index (χ0v) is 21.1. The molecule has 0 radical (unpaired) electrons. The van der Waals surface area contributed by atoms with Gasteiger partial charge in [0, 0.05) is 23.1 Å². The summed E-state index contributed by atoms with van der Waals surface area (Å²) in [6, 6.07) is 13.5. The number of amides is 1. The van der Waals surface area contributed by atoms with Gasteiger partial charge in [-0.1, -0.05) is 47.8 Å². The van der Waals surface area contributed by atoms with Crippen molar-refractivity contribution < 1.29 is 4.79 Å². The Labute approximate surface area is 215 Å². The van der Waals surface area contributed by atoms with Crippen LogP contribution in [-0.2, 0) is 4.79 Å². The van der Waals surface area contributed by atoms with Gasteiger partial charge in [0.2, 0.25) is 11.7 Å². The van der Waals surface area contributed by atoms with Crippen molar-refractivity contribution in [2.24, 2.45) is 0 Å². The zero-order chi connectivity index (χ0) is 24.5. The summed E-state index contributed by atoms with van der Waals surface area (Å²) in [5, 5.41) is 14.3. The van der Waals surface area contributed by atoms with E-state index in [0.29, 0.717) is 29.0 Å². The Morgan fingerprint density at radius 2 is 2.09 bits per heavy atom. The molecule has 2 aliphatic heterocycles. The van der Waals surface area contributed by atoms with Crippen molar-refractivity contribution in [1.29, 1.82) is 5.26 Å². The number of nitrogens with one attached hydrogen (secondary N) is 1. The lowest BCUT2D eigenvalue weighted by Crippen LogP contribution is -2.49. The Morgan fingerprint density at radius 1 is 1.23 bits per heavy atom. The molecular formula is C27H27Cl2N5O. The highest BCUT2D eigenvalue weighted by Gasteiger charge is 2.27. The summed E-state index contributed by atoms with van der Waals surface area (Å²) < 4.78 is 1.93. The molecule has 6 nitrogen and oxygen atoms in total. The minimum absolute atomic E-state index is 0.0463. The summed E-state index contributed by atoms with van der Waals surface area (Å²) in [6.45, 7) is 4.25. The van der Waals surface area contributed by atoms with Crippen molar-refractivity contribution in [2.75, 3.05) is 19.6 Å². The lowest BCUT2D eigenvalue weighted by atomic mass is 9.97. The number of carbonyl (C=O) groups is 1. The molecule has 0 saturated carbocycles. The largest absolute Gasteiger partial charge is 0.337 e. The van der Waals surface area contributed by atoms with Gasteiger partial charge >= 0.3 is 0 Å². The fraction of sp³-hybridized carbons (Fsp3) is 0.370. The highest BCUT2D eigenvalue weighted by molar-refractivity contribution is 6.35. The van der Waals surface area contributed by atoms with Crippen molar-refractivity contribution in [1.82, 2.24) is 19.8 Å². The van der Waals surface area contributed by atoms with Crippen LogP contribution in [0.25, 0.3) is 16.6 Å². The number of halogens is 2. The van der Waals surface area contributed by atoms with Gasteiger partial charge in [0.1, 0.15) is 6.07 Å². The average molecular weight is 508 g/mol. The summed E-state index contributed by atoms with van der Waals surface area (Å²) in [5.74, 6) is 0.547. The second-order valence-corrected chi connectivity index (χ2v) is 10.1. The van der Waals surface area contributed by atoms with Gasteiger partial charge in [-0.25, -0.2) is 4.98 Å². The second-order valence-electron chi connectivity index (χ2n) is 9.23. The summed E-state index contributed by atoms with van der Waals surface area (Å²) in [6.07, 6.45) is 6.11. The molecule has 180 valence electrons. The van der Waals surface area contributed by atoms with E-state index < -0.39 is 0 Å². The Balaban J connectivity index is 1.44. The predicted molar refractivity (Wildman–Crippen MR) is 140 cm³/mol. The van der Waals surface area contributed by atoms with Crippen molar-refractivity contribution in [3.8, 4) is 6.07 Å². The van der Waals surface area contributed by atoms with Crippen LogP contribution in [0.4, 0.5) is 0 Å². The number of hydrogen-bond acceptors (Lipinski definition) is 4. The van der Waals surface area contributed by atoms with Crippen LogP contribution in [0.3, 0.4) is 0 Å². The van der Waals surface area contributed by atoms with Crippen molar-refractivity contribution >= 4 is 45.7 Å². The topological polar surface area (TPSA) is 74.0 Å². The average Bonchev–Trinajstić information content (AvgIpc) is 3.26. The Bertz CT molecular complexity index is 1350. The fourth-order valence-corrected chi connectivity index (χ4v) is 5.72. The molecular weight excluding hydrogens is 481 g/mol. The third-order valence-corrected chi connectivity index (χ3v) is 7.65. The summed E-state index contributed by atoms with van der Waals surface area (Å²) in [7, 11) is 0. The van der Waals surface area contributed by atoms with E-state index in [4.69, 9.17) is 23.2 Å². The first kappa shape index (κ1) is 23.9. The van der Waals surface area contributed by atoms with Crippen LogP contribution in [0.2, 0.25) is 10.0 Å². The molecule has 3 heterocycles. The summed E-state index contributed by atoms with van der Waals surface area (Å²) >= 11 is 12.6. The molecule has 1 saturated heterocycles. The molecule has 1 amide bonds. The first-order valence-corrected chi connectivity index (χ1v) is 12.8. The Hall–Kier alpha value is -2.85. The molecule has 35 heavy (non-hydrogen) atoms. The minimum Gasteiger partial charge on any atom is -0.337 e. The maximum atomic E-state index is 12.9. The van der Waals surface area contributed by atoms with Crippen molar-refractivity contribution in [3.05, 3.63) is 69.5 Å². The van der Waals surface area contributed by atoms with Gasteiger partial charge in [-0.05, 0) is 73.7 Å². The third-order valence-electron chi connectivity index (χ3n) is 7.09. The van der Waals surface area contributed by atoms with Crippen LogP contribution < -0.4 is 5.32 Å². The number of piperidine rings is 1. The predicted octanol–water partition coefficient (Wildman–Crippen LogP) is 5.58. The number of imidazole rings is 1. The second kappa shape index (κ2) is 10.0. The van der Waals surface area contributed by atoms with E-state index in [1.54, 1.807) is 12.1 Å². The lowest BCUT2D eigenvalue weighted by molar-refractivity contribution is -0.133. The number of carbonyl (C=O) groups excluding carboxylic acids is 1. The zero-order valence-electron chi connectivity index (χ0n) is 19.6. The van der Waals surface area contributed by atoms with E-state index in [1.165, 1.54) is 5.57 Å². The van der Waals surface area contributed by atoms with Crippen LogP contribution in [0.15, 0.2) is 42.5 Å². The normalized spacial score (nSPS) is 19.3. The fourth-order valence-electron chi connectivity index (χ4n) is 5.16. The maximum Gasteiger partial charge on any atom is 0.239 e. The Morgan fingerprint density at radius 3 is 2.77 bits per heavy atom. The van der Waals surface area contributed by atoms with Crippen LogP contribution in [0, 0.1) is 11.3 Å². The van der Waals surface area contributed by atoms with Crippen molar-refractivity contribution in [2.45, 2.75) is 44.7 Å². The molecule has 8 heteroatoms. The van der Waals surface area contributed by atoms with E-state index in [0.717, 1.165) is 54.4 Å². The maximum absolute atomic E-state index is 12.9. The van der Waals surface area contributed by atoms with Crippen LogP contribution in [0.1, 0.15) is 55.6 Å². The number of nitrogens with zero attached hydrogens (tertiary/aromatic N) is 4. The molecule has 0 aliphatic carbocycles. The lowest BCUT2D eigenvalue weighted by Gasteiger charge is -2.32. The van der Waals surface area contributed by atoms with Gasteiger partial charge in [-0.3, -0.25) is 4.79 Å². The highest BCUT2D eigenvalue weighted by atomic mass is 35.5. The number of aromatic nitrogens is 2. The van der Waals surface area contributed by atoms with Crippen LogP contribution in [0.5, 0.6) is 0 Å². The standard InChI is InChI=1S/C27H27Cl2N5O/c1-17(21-7-6-20(28)15-22(21)29)34-25-14-19(5-8-23(25)32-26(34)16-30)18-9-12-33(13-10-18)27(35)24-4-2-3-11-31-24/h5-9,14-15,17,24,31H,2-4,10-13H2,1H3/t17-,24?/m1/s1. The molecule has 2 aromatic carbocycles. The van der Waals surface area contributed by atoms with Crippen LogP contribution >= 0.6 is 23.2 Å². The molecule has 1 N–H and O–H groups in total. The highest BCUT2D eigenvalue weighted by Crippen LogP contribution is 2.33. The molecule has 0 bridgehead atoms. The minimum atomic E-state index is -0.203. The molecule has 1 aromatic heterocycles. The van der Waals surface area contributed by atoms with Gasteiger partial charge in [-0.2, -0.15) is 5.26 Å². The quantitative estimate of drug-likeness (QED) is 0.499. The molecule has 3 aromatic rings. The monoisotopic (exact) mass is 507 g/mol. The van der Waals surface area contributed by atoms with Crippen molar-refractivity contribution in [3.63, 3.8) is 0 Å². The van der Waals surface area contributed by atoms with E-state index >= 15 is 0 Å².